The Labute approximate surface area is 301 Å². The molecule has 8 rings (SSSR count). The number of nitrogens with two attached hydrogens (primary N) is 1. The first-order valence-corrected chi connectivity index (χ1v) is 18.3. The van der Waals surface area contributed by atoms with Crippen molar-refractivity contribution in [2.45, 2.75) is 64.0 Å². The van der Waals surface area contributed by atoms with Gasteiger partial charge in [0.15, 0.2) is 5.82 Å². The van der Waals surface area contributed by atoms with Crippen LogP contribution in [0, 0.1) is 5.92 Å². The first-order valence-electron chi connectivity index (χ1n) is 18.3. The molecule has 2 amide bonds. The van der Waals surface area contributed by atoms with E-state index in [4.69, 9.17) is 5.73 Å². The fourth-order valence-electron chi connectivity index (χ4n) is 7.99. The van der Waals surface area contributed by atoms with Crippen LogP contribution in [0.4, 0.5) is 5.82 Å². The van der Waals surface area contributed by atoms with E-state index in [-0.39, 0.29) is 17.6 Å². The van der Waals surface area contributed by atoms with Crippen LogP contribution in [0.15, 0.2) is 79.3 Å². The molecule has 52 heavy (non-hydrogen) atoms. The van der Waals surface area contributed by atoms with E-state index in [1.807, 2.05) is 45.9 Å². The zero-order valence-corrected chi connectivity index (χ0v) is 29.1. The van der Waals surface area contributed by atoms with Crippen molar-refractivity contribution in [1.82, 2.24) is 39.7 Å². The maximum atomic E-state index is 12.8. The quantitative estimate of drug-likeness (QED) is 0.111. The standard InChI is InChI=1S/C40H43N9O3/c41-38-31(21-33(45-46-38)30-10-3-4-12-36(30)50)28-22-43-48(25-28)24-27-9-7-19-47(23-27)18-5-1-2-8-26-13-14-34-32(20-26)29-11-6-17-42-39(29)49(34)35-15-16-37(51)44-40(35)52/h3-4,6,10-14,17,20-22,25,27,35,50H,1-2,5,7-9,15-16,18-19,23-24H2,(H2,41,46)(H,44,51,52). The molecule has 0 saturated carbocycles. The molecular formula is C40H43N9O3. The second-order valence-corrected chi connectivity index (χ2v) is 14.2. The minimum Gasteiger partial charge on any atom is -0.507 e. The first kappa shape index (κ1) is 33.5. The molecule has 0 bridgehead atoms. The summed E-state index contributed by atoms with van der Waals surface area (Å²) in [7, 11) is 0. The molecular weight excluding hydrogens is 655 g/mol. The number of nitrogen functional groups attached to an aromatic ring is 1. The predicted molar refractivity (Wildman–Crippen MR) is 200 cm³/mol. The lowest BCUT2D eigenvalue weighted by molar-refractivity contribution is -0.135. The highest BCUT2D eigenvalue weighted by molar-refractivity contribution is 6.09. The number of hydrogen-bond acceptors (Lipinski definition) is 9. The topological polar surface area (TPSA) is 157 Å². The Morgan fingerprint density at radius 1 is 0.942 bits per heavy atom. The van der Waals surface area contributed by atoms with Crippen molar-refractivity contribution >= 4 is 39.6 Å². The summed E-state index contributed by atoms with van der Waals surface area (Å²) in [6, 6.07) is 19.0. The van der Waals surface area contributed by atoms with E-state index < -0.39 is 6.04 Å². The molecule has 2 atom stereocenters. The smallest absolute Gasteiger partial charge is 0.249 e. The molecule has 2 aromatic carbocycles. The van der Waals surface area contributed by atoms with Crippen LogP contribution in [0.2, 0.25) is 0 Å². The number of phenols is 1. The van der Waals surface area contributed by atoms with E-state index >= 15 is 0 Å². The summed E-state index contributed by atoms with van der Waals surface area (Å²) >= 11 is 0. The van der Waals surface area contributed by atoms with Crippen molar-refractivity contribution in [3.05, 3.63) is 84.8 Å². The van der Waals surface area contributed by atoms with Gasteiger partial charge in [-0.05, 0) is 106 Å². The fourth-order valence-corrected chi connectivity index (χ4v) is 7.99. The number of carbonyl (C=O) groups excluding carboxylic acids is 2. The molecule has 2 aliphatic rings. The number of aryl methyl sites for hydroxylation is 1. The third-order valence-electron chi connectivity index (χ3n) is 10.6. The molecule has 4 aromatic heterocycles. The summed E-state index contributed by atoms with van der Waals surface area (Å²) in [6.45, 7) is 4.14. The number of imide groups is 1. The van der Waals surface area contributed by atoms with Gasteiger partial charge in [0.25, 0.3) is 0 Å². The number of fused-ring (bicyclic) bond motifs is 3. The highest BCUT2D eigenvalue weighted by Gasteiger charge is 2.31. The Kier molecular flexibility index (Phi) is 9.38. The zero-order chi connectivity index (χ0) is 35.6. The van der Waals surface area contributed by atoms with Crippen molar-refractivity contribution in [3.63, 3.8) is 0 Å². The summed E-state index contributed by atoms with van der Waals surface area (Å²) in [6.07, 6.45) is 13.2. The van der Waals surface area contributed by atoms with Crippen LogP contribution >= 0.6 is 0 Å². The minimum absolute atomic E-state index is 0.148. The Balaban J connectivity index is 0.844. The minimum atomic E-state index is -0.445. The van der Waals surface area contributed by atoms with Gasteiger partial charge in [-0.25, -0.2) is 4.98 Å². The van der Waals surface area contributed by atoms with Gasteiger partial charge in [-0.1, -0.05) is 24.6 Å². The fraction of sp³-hybridized carbons (Fsp3) is 0.350. The van der Waals surface area contributed by atoms with Gasteiger partial charge in [0.2, 0.25) is 11.8 Å². The Hall–Kier alpha value is -5.62. The van der Waals surface area contributed by atoms with E-state index in [0.29, 0.717) is 35.8 Å². The van der Waals surface area contributed by atoms with Gasteiger partial charge in [-0.3, -0.25) is 19.6 Å². The van der Waals surface area contributed by atoms with Gasteiger partial charge < -0.3 is 20.3 Å². The zero-order valence-electron chi connectivity index (χ0n) is 29.1. The molecule has 266 valence electrons. The lowest BCUT2D eigenvalue weighted by Gasteiger charge is -2.32. The number of carbonyl (C=O) groups is 2. The predicted octanol–water partition coefficient (Wildman–Crippen LogP) is 5.90. The van der Waals surface area contributed by atoms with Gasteiger partial charge in [0, 0.05) is 59.4 Å². The second kappa shape index (κ2) is 14.5. The Morgan fingerprint density at radius 2 is 1.85 bits per heavy atom. The number of rotatable bonds is 11. The number of unbranched alkanes of at least 4 members (excludes halogenated alkanes) is 2. The highest BCUT2D eigenvalue weighted by Crippen LogP contribution is 2.35. The third-order valence-corrected chi connectivity index (χ3v) is 10.6. The number of phenolic OH excluding ortho intramolecular Hbond substituents is 1. The summed E-state index contributed by atoms with van der Waals surface area (Å²) in [5, 5.41) is 28.0. The lowest BCUT2D eigenvalue weighted by Crippen LogP contribution is -2.41. The largest absolute Gasteiger partial charge is 0.507 e. The number of likely N-dealkylation sites (tertiary alicyclic amines) is 1. The Bertz CT molecular complexity index is 2260. The number of hydrogen-bond donors (Lipinski definition) is 3. The number of nitrogens with one attached hydrogen (secondary N) is 1. The highest BCUT2D eigenvalue weighted by atomic mass is 16.3. The van der Waals surface area contributed by atoms with Crippen molar-refractivity contribution in [2.75, 3.05) is 25.4 Å². The number of aromatic hydroxyl groups is 1. The van der Waals surface area contributed by atoms with Gasteiger partial charge in [-0.2, -0.15) is 5.10 Å². The van der Waals surface area contributed by atoms with E-state index in [2.05, 4.69) is 54.8 Å². The monoisotopic (exact) mass is 697 g/mol. The summed E-state index contributed by atoms with van der Waals surface area (Å²) < 4.78 is 4.02. The average Bonchev–Trinajstić information content (AvgIpc) is 3.74. The molecule has 6 aromatic rings. The molecule has 6 heterocycles. The maximum absolute atomic E-state index is 12.8. The van der Waals surface area contributed by atoms with Crippen LogP contribution in [-0.2, 0) is 22.6 Å². The first-order chi connectivity index (χ1) is 25.4. The molecule has 4 N–H and O–H groups in total. The van der Waals surface area contributed by atoms with Crippen LogP contribution in [0.25, 0.3) is 44.3 Å². The number of anilines is 1. The molecule has 0 aliphatic carbocycles. The third kappa shape index (κ3) is 6.85. The number of para-hydroxylation sites is 1. The molecule has 0 radical (unpaired) electrons. The number of amides is 2. The van der Waals surface area contributed by atoms with E-state index in [1.54, 1.807) is 18.3 Å². The molecule has 0 spiro atoms. The maximum Gasteiger partial charge on any atom is 0.249 e. The van der Waals surface area contributed by atoms with Gasteiger partial charge in [0.05, 0.1) is 17.4 Å². The molecule has 2 unspecified atom stereocenters. The number of nitrogens with zero attached hydrogens (tertiary/aromatic N) is 7. The number of pyridine rings is 1. The Morgan fingerprint density at radius 3 is 2.73 bits per heavy atom. The van der Waals surface area contributed by atoms with Crippen molar-refractivity contribution in [3.8, 4) is 28.1 Å². The molecule has 12 nitrogen and oxygen atoms in total. The van der Waals surface area contributed by atoms with Crippen molar-refractivity contribution < 1.29 is 14.7 Å². The van der Waals surface area contributed by atoms with Gasteiger partial charge in [0.1, 0.15) is 17.4 Å². The van der Waals surface area contributed by atoms with Crippen LogP contribution < -0.4 is 11.1 Å². The van der Waals surface area contributed by atoms with E-state index in [1.165, 1.54) is 18.4 Å². The summed E-state index contributed by atoms with van der Waals surface area (Å²) in [4.78, 5) is 31.8. The van der Waals surface area contributed by atoms with Crippen LogP contribution in [0.3, 0.4) is 0 Å². The number of benzene rings is 2. The van der Waals surface area contributed by atoms with Gasteiger partial charge in [-0.15, -0.1) is 10.2 Å². The van der Waals surface area contributed by atoms with Crippen molar-refractivity contribution in [1.29, 1.82) is 0 Å². The molecule has 2 saturated heterocycles. The van der Waals surface area contributed by atoms with Gasteiger partial charge >= 0.3 is 0 Å². The molecule has 2 aliphatic heterocycles. The normalized spacial score (nSPS) is 18.3. The molecule has 2 fully saturated rings. The van der Waals surface area contributed by atoms with E-state index in [9.17, 15) is 14.7 Å². The van der Waals surface area contributed by atoms with Crippen LogP contribution in [-0.4, -0.2) is 71.0 Å². The molecule has 12 heteroatoms. The van der Waals surface area contributed by atoms with Crippen LogP contribution in [0.1, 0.15) is 56.6 Å². The lowest BCUT2D eigenvalue weighted by atomic mass is 9.97. The number of aromatic nitrogens is 6. The summed E-state index contributed by atoms with van der Waals surface area (Å²) in [5.74, 6) is 0.530. The van der Waals surface area contributed by atoms with E-state index in [0.717, 1.165) is 84.9 Å². The summed E-state index contributed by atoms with van der Waals surface area (Å²) in [5.41, 5.74) is 12.1. The SMILES string of the molecule is Nc1nnc(-c2ccccc2O)cc1-c1cnn(CC2CCCN(CCCCCc3ccc4c(c3)c3cccnc3n4C3CCC(=O)NC3=O)C2)c1. The average molecular weight is 698 g/mol. The number of piperidine rings is 2. The van der Waals surface area contributed by atoms with Crippen LogP contribution in [0.5, 0.6) is 5.75 Å². The second-order valence-electron chi connectivity index (χ2n) is 14.2. The van der Waals surface area contributed by atoms with Crippen molar-refractivity contribution in [2.24, 2.45) is 5.92 Å².